The summed E-state index contributed by atoms with van der Waals surface area (Å²) < 4.78 is 67.0. The number of halogens is 3. The highest BCUT2D eigenvalue weighted by molar-refractivity contribution is 7.89. The number of piperazine rings is 1. The molecule has 0 aromatic heterocycles. The minimum atomic E-state index is -4.75. The highest BCUT2D eigenvalue weighted by Crippen LogP contribution is 2.36. The summed E-state index contributed by atoms with van der Waals surface area (Å²) in [7, 11) is -4.28. The van der Waals surface area contributed by atoms with Crippen LogP contribution in [0.5, 0.6) is 0 Å². The monoisotopic (exact) mass is 423 g/mol. The van der Waals surface area contributed by atoms with Crippen molar-refractivity contribution in [2.45, 2.75) is 30.6 Å². The van der Waals surface area contributed by atoms with E-state index in [1.165, 1.54) is 12.1 Å². The first-order valence-corrected chi connectivity index (χ1v) is 10.5. The Labute approximate surface area is 168 Å². The topological polar surface area (TPSA) is 64.4 Å². The third kappa shape index (κ3) is 4.61. The zero-order valence-corrected chi connectivity index (χ0v) is 16.5. The largest absolute Gasteiger partial charge is 0.417 e. The van der Waals surface area contributed by atoms with Crippen molar-refractivity contribution < 1.29 is 21.6 Å². The first-order chi connectivity index (χ1) is 13.6. The quantitative estimate of drug-likeness (QED) is 0.756. The average Bonchev–Trinajstić information content (AvgIpc) is 2.68. The fourth-order valence-corrected chi connectivity index (χ4v) is 5.34. The van der Waals surface area contributed by atoms with Crippen molar-refractivity contribution in [1.29, 1.82) is 5.26 Å². The van der Waals surface area contributed by atoms with Crippen molar-refractivity contribution in [3.8, 4) is 6.07 Å². The van der Waals surface area contributed by atoms with E-state index in [-0.39, 0.29) is 6.54 Å². The van der Waals surface area contributed by atoms with E-state index in [1.807, 2.05) is 17.0 Å². The van der Waals surface area contributed by atoms with Crippen molar-refractivity contribution >= 4 is 10.0 Å². The lowest BCUT2D eigenvalue weighted by Crippen LogP contribution is -2.53. The fourth-order valence-electron chi connectivity index (χ4n) is 3.51. The second kappa shape index (κ2) is 8.14. The van der Waals surface area contributed by atoms with Gasteiger partial charge in [-0.3, -0.25) is 4.90 Å². The second-order valence-corrected chi connectivity index (χ2v) is 8.86. The van der Waals surface area contributed by atoms with Crippen LogP contribution in [0.3, 0.4) is 0 Å². The summed E-state index contributed by atoms with van der Waals surface area (Å²) >= 11 is 0. The molecule has 1 fully saturated rings. The van der Waals surface area contributed by atoms with Crippen LogP contribution in [0.1, 0.15) is 23.6 Å². The van der Waals surface area contributed by atoms with Gasteiger partial charge in [0.25, 0.3) is 0 Å². The smallest absolute Gasteiger partial charge is 0.296 e. The van der Waals surface area contributed by atoms with Gasteiger partial charge in [-0.1, -0.05) is 24.3 Å². The number of hydrogen-bond donors (Lipinski definition) is 0. The van der Waals surface area contributed by atoms with Gasteiger partial charge in [0.2, 0.25) is 10.0 Å². The Morgan fingerprint density at radius 2 is 1.76 bits per heavy atom. The van der Waals surface area contributed by atoms with E-state index in [9.17, 15) is 21.6 Å². The molecule has 0 amide bonds. The maximum Gasteiger partial charge on any atom is 0.417 e. The van der Waals surface area contributed by atoms with Crippen LogP contribution >= 0.6 is 0 Å². The summed E-state index contributed by atoms with van der Waals surface area (Å²) in [6, 6.07) is 13.0. The normalized spacial score (nSPS) is 19.1. The van der Waals surface area contributed by atoms with Gasteiger partial charge in [0.05, 0.1) is 22.1 Å². The molecule has 154 valence electrons. The highest BCUT2D eigenvalue weighted by Gasteiger charge is 2.41. The van der Waals surface area contributed by atoms with E-state index in [4.69, 9.17) is 5.26 Å². The van der Waals surface area contributed by atoms with Crippen molar-refractivity contribution in [2.75, 3.05) is 19.6 Å². The molecular formula is C20H20F3N3O2S. The summed E-state index contributed by atoms with van der Waals surface area (Å²) in [4.78, 5) is 1.34. The maximum absolute atomic E-state index is 13.3. The molecule has 0 spiro atoms. The van der Waals surface area contributed by atoms with Gasteiger partial charge in [-0.15, -0.1) is 0 Å². The van der Waals surface area contributed by atoms with Crippen LogP contribution in [0.25, 0.3) is 0 Å². The van der Waals surface area contributed by atoms with Gasteiger partial charge in [0, 0.05) is 32.2 Å². The summed E-state index contributed by atoms with van der Waals surface area (Å²) in [6.07, 6.45) is -4.75. The Kier molecular flexibility index (Phi) is 5.98. The molecule has 0 N–H and O–H groups in total. The van der Waals surface area contributed by atoms with Crippen molar-refractivity contribution in [3.05, 3.63) is 65.2 Å². The molecule has 29 heavy (non-hydrogen) atoms. The molecule has 1 atom stereocenters. The summed E-state index contributed by atoms with van der Waals surface area (Å²) in [5.74, 6) is 0. The lowest BCUT2D eigenvalue weighted by Gasteiger charge is -2.39. The van der Waals surface area contributed by atoms with E-state index >= 15 is 0 Å². The fraction of sp³-hybridized carbons (Fsp3) is 0.350. The Hall–Kier alpha value is -2.41. The van der Waals surface area contributed by atoms with Crippen molar-refractivity contribution in [1.82, 2.24) is 9.21 Å². The van der Waals surface area contributed by atoms with Crippen LogP contribution in [0.4, 0.5) is 13.2 Å². The van der Waals surface area contributed by atoms with Crippen LogP contribution < -0.4 is 0 Å². The molecular weight excluding hydrogens is 403 g/mol. The van der Waals surface area contributed by atoms with Crippen LogP contribution in [0.2, 0.25) is 0 Å². The van der Waals surface area contributed by atoms with Crippen molar-refractivity contribution in [3.63, 3.8) is 0 Å². The van der Waals surface area contributed by atoms with E-state index < -0.39 is 32.7 Å². The van der Waals surface area contributed by atoms with Gasteiger partial charge in [0.1, 0.15) is 0 Å². The molecule has 2 aromatic carbocycles. The van der Waals surface area contributed by atoms with Crippen LogP contribution in [0.15, 0.2) is 53.4 Å². The number of sulfonamides is 1. The SMILES string of the molecule is C[C@H]1CN(Cc2ccc(C#N)cc2)CCN1S(=O)(=O)c1ccccc1C(F)(F)F. The number of benzene rings is 2. The molecule has 5 nitrogen and oxygen atoms in total. The molecule has 2 aromatic rings. The summed E-state index contributed by atoms with van der Waals surface area (Å²) in [6.45, 7) is 3.17. The summed E-state index contributed by atoms with van der Waals surface area (Å²) in [5, 5.41) is 8.86. The molecule has 1 aliphatic heterocycles. The average molecular weight is 423 g/mol. The Morgan fingerprint density at radius 1 is 1.10 bits per heavy atom. The molecule has 3 rings (SSSR count). The lowest BCUT2D eigenvalue weighted by atomic mass is 10.1. The minimum absolute atomic E-state index is 0.103. The maximum atomic E-state index is 13.3. The molecule has 0 bridgehead atoms. The Balaban J connectivity index is 1.76. The second-order valence-electron chi connectivity index (χ2n) is 7.00. The predicted octanol–water partition coefficient (Wildman–Crippen LogP) is 3.47. The zero-order chi connectivity index (χ0) is 21.2. The minimum Gasteiger partial charge on any atom is -0.296 e. The number of hydrogen-bond acceptors (Lipinski definition) is 4. The molecule has 0 aliphatic carbocycles. The van der Waals surface area contributed by atoms with Gasteiger partial charge < -0.3 is 0 Å². The van der Waals surface area contributed by atoms with Gasteiger partial charge in [-0.25, -0.2) is 8.42 Å². The molecule has 0 radical (unpaired) electrons. The summed E-state index contributed by atoms with van der Waals surface area (Å²) in [5.41, 5.74) is 0.392. The van der Waals surface area contributed by atoms with Gasteiger partial charge in [-0.05, 0) is 36.8 Å². The van der Waals surface area contributed by atoms with Gasteiger partial charge >= 0.3 is 6.18 Å². The third-order valence-corrected chi connectivity index (χ3v) is 6.99. The van der Waals surface area contributed by atoms with Crippen LogP contribution in [0, 0.1) is 11.3 Å². The first-order valence-electron chi connectivity index (χ1n) is 9.02. The standard InChI is InChI=1S/C20H20F3N3O2S/c1-15-13-25(14-17-8-6-16(12-24)7-9-17)10-11-26(15)29(27,28)19-5-3-2-4-18(19)20(21,22)23/h2-9,15H,10-11,13-14H2,1H3/t15-/m0/s1. The van der Waals surface area contributed by atoms with Crippen LogP contribution in [-0.2, 0) is 22.7 Å². The van der Waals surface area contributed by atoms with E-state index in [2.05, 4.69) is 6.07 Å². The number of nitriles is 1. The highest BCUT2D eigenvalue weighted by atomic mass is 32.2. The Bertz CT molecular complexity index is 1010. The third-order valence-electron chi connectivity index (χ3n) is 4.92. The zero-order valence-electron chi connectivity index (χ0n) is 15.7. The van der Waals surface area contributed by atoms with Gasteiger partial charge in [0.15, 0.2) is 0 Å². The predicted molar refractivity (Wildman–Crippen MR) is 101 cm³/mol. The number of alkyl halides is 3. The molecule has 0 unspecified atom stereocenters. The van der Waals surface area contributed by atoms with Crippen molar-refractivity contribution in [2.24, 2.45) is 0 Å². The Morgan fingerprint density at radius 3 is 2.34 bits per heavy atom. The lowest BCUT2D eigenvalue weighted by molar-refractivity contribution is -0.139. The molecule has 1 heterocycles. The van der Waals surface area contributed by atoms with Gasteiger partial charge in [-0.2, -0.15) is 22.7 Å². The molecule has 9 heteroatoms. The van der Waals surface area contributed by atoms with Crippen LogP contribution in [-0.4, -0.2) is 43.3 Å². The first kappa shape index (κ1) is 21.3. The van der Waals surface area contributed by atoms with E-state index in [0.717, 1.165) is 22.0 Å². The number of nitrogens with zero attached hydrogens (tertiary/aromatic N) is 3. The molecule has 0 saturated carbocycles. The molecule has 1 aliphatic rings. The van der Waals surface area contributed by atoms with E-state index in [0.29, 0.717) is 25.2 Å². The van der Waals surface area contributed by atoms with E-state index in [1.54, 1.807) is 19.1 Å². The molecule has 1 saturated heterocycles. The number of rotatable bonds is 4.